The molecule has 1 rings (SSSR count). The minimum atomic E-state index is 0.661. The molecule has 0 saturated carbocycles. The molecule has 0 aliphatic rings. The van der Waals surface area contributed by atoms with Crippen molar-refractivity contribution >= 4 is 7.85 Å². The largest absolute Gasteiger partial charge is 0.109 e. The number of benzene rings is 1. The van der Waals surface area contributed by atoms with Crippen LogP contribution < -0.4 is 0 Å². The highest BCUT2D eigenvalue weighted by Gasteiger charge is 1.87. The van der Waals surface area contributed by atoms with Gasteiger partial charge in [0.15, 0.2) is 0 Å². The summed E-state index contributed by atoms with van der Waals surface area (Å²) in [6.07, 6.45) is 5.53. The van der Waals surface area contributed by atoms with Gasteiger partial charge in [0.05, 0.1) is 0 Å². The molecular weight excluding hydrogens is 143 g/mol. The van der Waals surface area contributed by atoms with Gasteiger partial charge in [-0.05, 0) is 12.0 Å². The molecule has 0 amide bonds. The summed E-state index contributed by atoms with van der Waals surface area (Å²) in [5.41, 5.74) is 1.38. The Bertz CT molecular complexity index is 236. The SMILES string of the molecule is BC(C)/C=C/Cc1ccccc1. The molecule has 0 saturated heterocycles. The van der Waals surface area contributed by atoms with Crippen LogP contribution in [-0.2, 0) is 6.42 Å². The summed E-state index contributed by atoms with van der Waals surface area (Å²) in [5.74, 6) is 0.661. The fourth-order valence-electron chi connectivity index (χ4n) is 1.09. The fourth-order valence-corrected chi connectivity index (χ4v) is 1.09. The Hall–Kier alpha value is -0.975. The van der Waals surface area contributed by atoms with E-state index in [0.717, 1.165) is 6.42 Å². The molecule has 0 nitrogen and oxygen atoms in total. The Labute approximate surface area is 75.7 Å². The Kier molecular flexibility index (Phi) is 3.66. The highest BCUT2D eigenvalue weighted by atomic mass is 13.9. The summed E-state index contributed by atoms with van der Waals surface area (Å²) in [6, 6.07) is 10.5. The van der Waals surface area contributed by atoms with E-state index in [1.54, 1.807) is 0 Å². The maximum absolute atomic E-state index is 2.24. The van der Waals surface area contributed by atoms with Crippen LogP contribution in [-0.4, -0.2) is 7.85 Å². The Morgan fingerprint density at radius 2 is 2.00 bits per heavy atom. The van der Waals surface area contributed by atoms with Gasteiger partial charge in [-0.3, -0.25) is 0 Å². The van der Waals surface area contributed by atoms with Crippen LogP contribution in [0.2, 0.25) is 5.82 Å². The van der Waals surface area contributed by atoms with Crippen LogP contribution in [0.15, 0.2) is 42.5 Å². The highest BCUT2D eigenvalue weighted by molar-refractivity contribution is 6.12. The van der Waals surface area contributed by atoms with Crippen molar-refractivity contribution in [3.05, 3.63) is 48.0 Å². The van der Waals surface area contributed by atoms with Crippen LogP contribution in [0.25, 0.3) is 0 Å². The zero-order chi connectivity index (χ0) is 8.81. The molecule has 1 atom stereocenters. The minimum absolute atomic E-state index is 0.661. The van der Waals surface area contributed by atoms with E-state index in [0.29, 0.717) is 5.82 Å². The molecule has 0 bridgehead atoms. The molecule has 1 aromatic rings. The third-order valence-electron chi connectivity index (χ3n) is 1.72. The van der Waals surface area contributed by atoms with E-state index in [4.69, 9.17) is 0 Å². The van der Waals surface area contributed by atoms with Crippen molar-refractivity contribution in [3.63, 3.8) is 0 Å². The number of rotatable bonds is 3. The number of hydrogen-bond donors (Lipinski definition) is 0. The summed E-state index contributed by atoms with van der Waals surface area (Å²) in [4.78, 5) is 0. The van der Waals surface area contributed by atoms with Gasteiger partial charge in [0.1, 0.15) is 7.85 Å². The lowest BCUT2D eigenvalue weighted by atomic mass is 9.89. The van der Waals surface area contributed by atoms with E-state index >= 15 is 0 Å². The second kappa shape index (κ2) is 4.81. The van der Waals surface area contributed by atoms with Crippen molar-refractivity contribution in [1.29, 1.82) is 0 Å². The minimum Gasteiger partial charge on any atom is -0.0933 e. The average Bonchev–Trinajstić information content (AvgIpc) is 2.05. The highest BCUT2D eigenvalue weighted by Crippen LogP contribution is 2.03. The summed E-state index contributed by atoms with van der Waals surface area (Å²) in [6.45, 7) is 2.20. The van der Waals surface area contributed by atoms with Crippen LogP contribution in [0.5, 0.6) is 0 Å². The molecule has 1 unspecified atom stereocenters. The van der Waals surface area contributed by atoms with Gasteiger partial charge in [-0.25, -0.2) is 0 Å². The molecule has 0 fully saturated rings. The van der Waals surface area contributed by atoms with Crippen molar-refractivity contribution < 1.29 is 0 Å². The van der Waals surface area contributed by atoms with Gasteiger partial charge in [0.2, 0.25) is 0 Å². The van der Waals surface area contributed by atoms with Crippen LogP contribution in [0, 0.1) is 0 Å². The van der Waals surface area contributed by atoms with E-state index in [9.17, 15) is 0 Å². The lowest BCUT2D eigenvalue weighted by Crippen LogP contribution is -1.81. The van der Waals surface area contributed by atoms with Gasteiger partial charge < -0.3 is 0 Å². The monoisotopic (exact) mass is 158 g/mol. The molecule has 0 radical (unpaired) electrons. The summed E-state index contributed by atoms with van der Waals surface area (Å²) in [7, 11) is 2.20. The van der Waals surface area contributed by atoms with Crippen molar-refractivity contribution in [3.8, 4) is 0 Å². The predicted molar refractivity (Wildman–Crippen MR) is 57.3 cm³/mol. The van der Waals surface area contributed by atoms with Crippen LogP contribution in [0.3, 0.4) is 0 Å². The Morgan fingerprint density at radius 1 is 1.33 bits per heavy atom. The third kappa shape index (κ3) is 3.43. The van der Waals surface area contributed by atoms with Crippen molar-refractivity contribution in [1.82, 2.24) is 0 Å². The molecule has 1 heteroatoms. The molecule has 1 aromatic carbocycles. The van der Waals surface area contributed by atoms with Gasteiger partial charge >= 0.3 is 0 Å². The molecule has 0 spiro atoms. The molecule has 0 aliphatic carbocycles. The first-order valence-corrected chi connectivity index (χ1v) is 4.49. The maximum atomic E-state index is 2.24. The average molecular weight is 158 g/mol. The van der Waals surface area contributed by atoms with Crippen molar-refractivity contribution in [2.75, 3.05) is 0 Å². The second-order valence-corrected chi connectivity index (χ2v) is 3.36. The van der Waals surface area contributed by atoms with Gasteiger partial charge in [0, 0.05) is 0 Å². The Balaban J connectivity index is 2.43. The smallest absolute Gasteiger partial charge is 0.0933 e. The van der Waals surface area contributed by atoms with E-state index in [-0.39, 0.29) is 0 Å². The van der Waals surface area contributed by atoms with Crippen molar-refractivity contribution in [2.45, 2.75) is 19.2 Å². The molecule has 0 heterocycles. The summed E-state index contributed by atoms with van der Waals surface area (Å²) in [5, 5.41) is 0. The van der Waals surface area contributed by atoms with Gasteiger partial charge in [-0.1, -0.05) is 55.2 Å². The normalized spacial score (nSPS) is 13.4. The number of allylic oxidation sites excluding steroid dienone is 2. The van der Waals surface area contributed by atoms with E-state index in [2.05, 4.69) is 57.3 Å². The molecule has 12 heavy (non-hydrogen) atoms. The first kappa shape index (κ1) is 9.12. The molecule has 0 aromatic heterocycles. The predicted octanol–water partition coefficient (Wildman–Crippen LogP) is 2.23. The zero-order valence-corrected chi connectivity index (χ0v) is 7.83. The standard InChI is InChI=1S/C11H15B/c1-10(12)6-5-9-11-7-3-2-4-8-11/h2-8,10H,9,12H2,1H3/b6-5+. The van der Waals surface area contributed by atoms with Gasteiger partial charge in [0.25, 0.3) is 0 Å². The summed E-state index contributed by atoms with van der Waals surface area (Å²) >= 11 is 0. The van der Waals surface area contributed by atoms with E-state index in [1.807, 2.05) is 0 Å². The maximum Gasteiger partial charge on any atom is 0.109 e. The lowest BCUT2D eigenvalue weighted by Gasteiger charge is -1.95. The van der Waals surface area contributed by atoms with Crippen LogP contribution in [0.4, 0.5) is 0 Å². The van der Waals surface area contributed by atoms with E-state index in [1.165, 1.54) is 5.56 Å². The van der Waals surface area contributed by atoms with Gasteiger partial charge in [-0.2, -0.15) is 0 Å². The third-order valence-corrected chi connectivity index (χ3v) is 1.72. The first-order valence-electron chi connectivity index (χ1n) is 4.49. The number of hydrogen-bond acceptors (Lipinski definition) is 0. The molecule has 0 N–H and O–H groups in total. The van der Waals surface area contributed by atoms with Crippen molar-refractivity contribution in [2.24, 2.45) is 0 Å². The summed E-state index contributed by atoms with van der Waals surface area (Å²) < 4.78 is 0. The topological polar surface area (TPSA) is 0 Å². The lowest BCUT2D eigenvalue weighted by molar-refractivity contribution is 1.17. The molecule has 62 valence electrons. The van der Waals surface area contributed by atoms with E-state index < -0.39 is 0 Å². The van der Waals surface area contributed by atoms with Crippen LogP contribution >= 0.6 is 0 Å². The van der Waals surface area contributed by atoms with Gasteiger partial charge in [-0.15, -0.1) is 0 Å². The first-order chi connectivity index (χ1) is 5.79. The second-order valence-electron chi connectivity index (χ2n) is 3.36. The Morgan fingerprint density at radius 3 is 2.58 bits per heavy atom. The fraction of sp³-hybridized carbons (Fsp3) is 0.273. The van der Waals surface area contributed by atoms with Crippen LogP contribution in [0.1, 0.15) is 12.5 Å². The molecule has 0 aliphatic heterocycles. The zero-order valence-electron chi connectivity index (χ0n) is 7.83. The molecular formula is C11H15B. The quantitative estimate of drug-likeness (QED) is 0.467.